The molecule has 0 radical (unpaired) electrons. The van der Waals surface area contributed by atoms with Gasteiger partial charge in [0.25, 0.3) is 0 Å². The molecule has 7 heteroatoms. The van der Waals surface area contributed by atoms with Gasteiger partial charge in [0.15, 0.2) is 11.4 Å². The summed E-state index contributed by atoms with van der Waals surface area (Å²) in [5, 5.41) is 3.03. The highest BCUT2D eigenvalue weighted by atomic mass is 32.1. The lowest BCUT2D eigenvalue weighted by Crippen LogP contribution is -2.38. The average molecular weight is 311 g/mol. The zero-order valence-electron chi connectivity index (χ0n) is 12.1. The van der Waals surface area contributed by atoms with Crippen LogP contribution in [0.15, 0.2) is 11.6 Å². The van der Waals surface area contributed by atoms with E-state index >= 15 is 0 Å². The third-order valence-corrected chi connectivity index (χ3v) is 4.61. The topological polar surface area (TPSA) is 54.9 Å². The van der Waals surface area contributed by atoms with Crippen molar-refractivity contribution in [3.8, 4) is 0 Å². The van der Waals surface area contributed by atoms with Crippen molar-refractivity contribution in [2.75, 3.05) is 44.3 Å². The minimum atomic E-state index is -0.357. The molecule has 1 aromatic heterocycles. The fourth-order valence-electron chi connectivity index (χ4n) is 2.66. The van der Waals surface area contributed by atoms with Gasteiger partial charge in [-0.1, -0.05) is 0 Å². The van der Waals surface area contributed by atoms with Gasteiger partial charge in [0, 0.05) is 37.8 Å². The van der Waals surface area contributed by atoms with Gasteiger partial charge in [0.2, 0.25) is 5.91 Å². The van der Waals surface area contributed by atoms with Crippen molar-refractivity contribution in [1.29, 1.82) is 0 Å². The number of thiazole rings is 1. The fraction of sp³-hybridized carbons (Fsp3) is 0.714. The fourth-order valence-corrected chi connectivity index (χ4v) is 3.35. The number of nitrogens with zero attached hydrogens (tertiary/aromatic N) is 3. The highest BCUT2D eigenvalue weighted by molar-refractivity contribution is 7.13. The summed E-state index contributed by atoms with van der Waals surface area (Å²) < 4.78 is 10.9. The first kappa shape index (κ1) is 14.7. The first-order valence-electron chi connectivity index (χ1n) is 7.48. The van der Waals surface area contributed by atoms with Gasteiger partial charge in [-0.25, -0.2) is 4.98 Å². The molecule has 2 aliphatic rings. The molecule has 0 aliphatic carbocycles. The zero-order valence-corrected chi connectivity index (χ0v) is 12.9. The highest BCUT2D eigenvalue weighted by Crippen LogP contribution is 2.19. The molecule has 0 bridgehead atoms. The van der Waals surface area contributed by atoms with Gasteiger partial charge >= 0.3 is 0 Å². The Morgan fingerprint density at radius 1 is 1.24 bits per heavy atom. The molecule has 2 saturated heterocycles. The second-order valence-electron chi connectivity index (χ2n) is 5.26. The van der Waals surface area contributed by atoms with E-state index in [0.717, 1.165) is 44.2 Å². The SMILES string of the molecule is O=C(CC1OCCCO1)N1CCCN(c2nccs2)CC1. The maximum Gasteiger partial charge on any atom is 0.227 e. The molecule has 1 aromatic rings. The van der Waals surface area contributed by atoms with E-state index in [1.54, 1.807) is 11.3 Å². The first-order valence-corrected chi connectivity index (χ1v) is 8.36. The summed E-state index contributed by atoms with van der Waals surface area (Å²) in [6, 6.07) is 0. The van der Waals surface area contributed by atoms with Crippen molar-refractivity contribution in [1.82, 2.24) is 9.88 Å². The van der Waals surface area contributed by atoms with Crippen molar-refractivity contribution in [2.45, 2.75) is 25.6 Å². The van der Waals surface area contributed by atoms with E-state index in [1.807, 2.05) is 16.5 Å². The van der Waals surface area contributed by atoms with Crippen LogP contribution in [0.2, 0.25) is 0 Å². The molecular formula is C14H21N3O3S. The molecule has 0 spiro atoms. The Kier molecular flexibility index (Phi) is 5.05. The molecule has 0 N–H and O–H groups in total. The monoisotopic (exact) mass is 311 g/mol. The van der Waals surface area contributed by atoms with Crippen molar-refractivity contribution in [3.63, 3.8) is 0 Å². The van der Waals surface area contributed by atoms with Crippen LogP contribution in [0.5, 0.6) is 0 Å². The van der Waals surface area contributed by atoms with E-state index in [0.29, 0.717) is 19.6 Å². The summed E-state index contributed by atoms with van der Waals surface area (Å²) in [5.74, 6) is 0.128. The molecule has 1 amide bonds. The summed E-state index contributed by atoms with van der Waals surface area (Å²) in [4.78, 5) is 20.9. The summed E-state index contributed by atoms with van der Waals surface area (Å²) in [6.45, 7) is 4.71. The third-order valence-electron chi connectivity index (χ3n) is 3.78. The number of ether oxygens (including phenoxy) is 2. The number of amides is 1. The van der Waals surface area contributed by atoms with Crippen molar-refractivity contribution < 1.29 is 14.3 Å². The van der Waals surface area contributed by atoms with Gasteiger partial charge in [-0.05, 0) is 12.8 Å². The van der Waals surface area contributed by atoms with Crippen LogP contribution in [0.25, 0.3) is 0 Å². The lowest BCUT2D eigenvalue weighted by molar-refractivity contribution is -0.186. The number of anilines is 1. The molecule has 0 aromatic carbocycles. The van der Waals surface area contributed by atoms with Crippen LogP contribution >= 0.6 is 11.3 Å². The van der Waals surface area contributed by atoms with Crippen LogP contribution in [0.3, 0.4) is 0 Å². The van der Waals surface area contributed by atoms with Gasteiger partial charge < -0.3 is 19.3 Å². The zero-order chi connectivity index (χ0) is 14.5. The quantitative estimate of drug-likeness (QED) is 0.843. The molecule has 2 aliphatic heterocycles. The van der Waals surface area contributed by atoms with Gasteiger partial charge in [-0.2, -0.15) is 0 Å². The van der Waals surface area contributed by atoms with Crippen LogP contribution in [0.1, 0.15) is 19.3 Å². The van der Waals surface area contributed by atoms with E-state index in [-0.39, 0.29) is 12.2 Å². The van der Waals surface area contributed by atoms with Crippen LogP contribution < -0.4 is 4.90 Å². The summed E-state index contributed by atoms with van der Waals surface area (Å²) in [6.07, 6.45) is 3.68. The number of carbonyl (C=O) groups is 1. The Hall–Kier alpha value is -1.18. The molecule has 6 nitrogen and oxygen atoms in total. The van der Waals surface area contributed by atoms with Gasteiger partial charge in [-0.3, -0.25) is 4.79 Å². The predicted octanol–water partition coefficient (Wildman–Crippen LogP) is 1.33. The maximum atomic E-state index is 12.3. The molecule has 3 heterocycles. The van der Waals surface area contributed by atoms with Crippen molar-refractivity contribution in [2.24, 2.45) is 0 Å². The molecule has 21 heavy (non-hydrogen) atoms. The summed E-state index contributed by atoms with van der Waals surface area (Å²) in [5.41, 5.74) is 0. The van der Waals surface area contributed by atoms with Gasteiger partial charge in [0.05, 0.1) is 19.6 Å². The Balaban J connectivity index is 1.51. The molecule has 2 fully saturated rings. The van der Waals surface area contributed by atoms with E-state index < -0.39 is 0 Å². The van der Waals surface area contributed by atoms with Crippen molar-refractivity contribution in [3.05, 3.63) is 11.6 Å². The van der Waals surface area contributed by atoms with E-state index in [4.69, 9.17) is 9.47 Å². The molecule has 3 rings (SSSR count). The number of carbonyl (C=O) groups excluding carboxylic acids is 1. The second-order valence-corrected chi connectivity index (χ2v) is 6.14. The van der Waals surface area contributed by atoms with Crippen LogP contribution in [0, 0.1) is 0 Å². The minimum Gasteiger partial charge on any atom is -0.352 e. The maximum absolute atomic E-state index is 12.3. The van der Waals surface area contributed by atoms with Crippen LogP contribution in [-0.2, 0) is 14.3 Å². The lowest BCUT2D eigenvalue weighted by atomic mass is 10.3. The molecule has 116 valence electrons. The van der Waals surface area contributed by atoms with E-state index in [2.05, 4.69) is 9.88 Å². The largest absolute Gasteiger partial charge is 0.352 e. The normalized spacial score (nSPS) is 21.3. The smallest absolute Gasteiger partial charge is 0.227 e. The van der Waals surface area contributed by atoms with E-state index in [1.165, 1.54) is 0 Å². The van der Waals surface area contributed by atoms with Crippen molar-refractivity contribution >= 4 is 22.4 Å². The second kappa shape index (κ2) is 7.20. The van der Waals surface area contributed by atoms with Crippen LogP contribution in [0.4, 0.5) is 5.13 Å². The molecule has 0 saturated carbocycles. The Morgan fingerprint density at radius 3 is 2.86 bits per heavy atom. The molecule has 0 unspecified atom stereocenters. The summed E-state index contributed by atoms with van der Waals surface area (Å²) >= 11 is 1.65. The Bertz CT molecular complexity index is 448. The Labute approximate surface area is 128 Å². The minimum absolute atomic E-state index is 0.128. The van der Waals surface area contributed by atoms with Gasteiger partial charge in [0.1, 0.15) is 0 Å². The Morgan fingerprint density at radius 2 is 2.10 bits per heavy atom. The van der Waals surface area contributed by atoms with Crippen LogP contribution in [-0.4, -0.2) is 61.5 Å². The van der Waals surface area contributed by atoms with Gasteiger partial charge in [-0.15, -0.1) is 11.3 Å². The summed E-state index contributed by atoms with van der Waals surface area (Å²) in [7, 11) is 0. The average Bonchev–Trinajstić information content (AvgIpc) is 2.93. The predicted molar refractivity (Wildman–Crippen MR) is 80.5 cm³/mol. The highest BCUT2D eigenvalue weighted by Gasteiger charge is 2.24. The molecule has 0 atom stereocenters. The number of aromatic nitrogens is 1. The van der Waals surface area contributed by atoms with E-state index in [9.17, 15) is 4.79 Å². The standard InChI is InChI=1S/C14H21N3O3S/c18-12(11-13-19-8-2-9-20-13)16-4-1-5-17(7-6-16)14-15-3-10-21-14/h3,10,13H,1-2,4-9,11H2. The first-order chi connectivity index (χ1) is 10.3. The lowest BCUT2D eigenvalue weighted by Gasteiger charge is -2.26. The number of rotatable bonds is 3. The number of hydrogen-bond donors (Lipinski definition) is 0. The third kappa shape index (κ3) is 3.93. The molecular weight excluding hydrogens is 290 g/mol. The number of hydrogen-bond acceptors (Lipinski definition) is 6.